The lowest BCUT2D eigenvalue weighted by atomic mass is 9.90. The summed E-state index contributed by atoms with van der Waals surface area (Å²) in [6.45, 7) is 10.9. The van der Waals surface area contributed by atoms with E-state index in [-0.39, 0.29) is 0 Å². The summed E-state index contributed by atoms with van der Waals surface area (Å²) in [5, 5.41) is 0. The molecule has 0 saturated heterocycles. The molecule has 0 aliphatic heterocycles. The van der Waals surface area contributed by atoms with Crippen molar-refractivity contribution in [3.05, 3.63) is 23.3 Å². The Morgan fingerprint density at radius 1 is 1.25 bits per heavy atom. The van der Waals surface area contributed by atoms with Crippen molar-refractivity contribution in [3.63, 3.8) is 0 Å². The fourth-order valence-electron chi connectivity index (χ4n) is 1.15. The van der Waals surface area contributed by atoms with Gasteiger partial charge in [-0.25, -0.2) is 0 Å². The normalized spacial score (nSPS) is 21.9. The van der Waals surface area contributed by atoms with Crippen molar-refractivity contribution in [3.8, 4) is 0 Å². The van der Waals surface area contributed by atoms with Gasteiger partial charge in [-0.1, -0.05) is 50.5 Å². The number of hydrogen-bond acceptors (Lipinski definition) is 0. The molecule has 1 aliphatic rings. The maximum Gasteiger partial charge on any atom is -0.0194 e. The molecular weight excluding hydrogens is 144 g/mol. The molecule has 0 aromatic heterocycles. The average molecular weight is 166 g/mol. The molecule has 0 fully saturated rings. The fraction of sp³-hybridized carbons (Fsp3) is 0.667. The van der Waals surface area contributed by atoms with Gasteiger partial charge in [-0.2, -0.15) is 0 Å². The van der Waals surface area contributed by atoms with Gasteiger partial charge in [-0.3, -0.25) is 0 Å². The van der Waals surface area contributed by atoms with E-state index in [1.165, 1.54) is 24.0 Å². The van der Waals surface area contributed by atoms with E-state index >= 15 is 0 Å². The van der Waals surface area contributed by atoms with Gasteiger partial charge in [0, 0.05) is 0 Å². The van der Waals surface area contributed by atoms with Crippen LogP contribution in [0.5, 0.6) is 0 Å². The highest BCUT2D eigenvalue weighted by atomic mass is 14.1. The van der Waals surface area contributed by atoms with Crippen LogP contribution < -0.4 is 0 Å². The van der Waals surface area contributed by atoms with Crippen LogP contribution in [0.2, 0.25) is 0 Å². The molecule has 0 spiro atoms. The van der Waals surface area contributed by atoms with Gasteiger partial charge < -0.3 is 0 Å². The molecule has 0 nitrogen and oxygen atoms in total. The highest BCUT2D eigenvalue weighted by molar-refractivity contribution is 5.23. The minimum absolute atomic E-state index is 0.773. The Morgan fingerprint density at radius 3 is 2.08 bits per heavy atom. The Labute approximate surface area is 77.4 Å². The van der Waals surface area contributed by atoms with Gasteiger partial charge >= 0.3 is 0 Å². The molecule has 0 amide bonds. The maximum atomic E-state index is 2.28. The van der Waals surface area contributed by atoms with Crippen LogP contribution in [0.15, 0.2) is 23.3 Å². The Morgan fingerprint density at radius 2 is 1.75 bits per heavy atom. The maximum absolute atomic E-state index is 2.28. The van der Waals surface area contributed by atoms with Gasteiger partial charge in [0.2, 0.25) is 0 Å². The van der Waals surface area contributed by atoms with Crippen molar-refractivity contribution in [1.82, 2.24) is 0 Å². The molecule has 0 aromatic carbocycles. The highest BCUT2D eigenvalue weighted by Gasteiger charge is 2.07. The Balaban J connectivity index is 0.000000354. The van der Waals surface area contributed by atoms with Gasteiger partial charge in [0.15, 0.2) is 0 Å². The molecule has 0 saturated carbocycles. The molecule has 0 bridgehead atoms. The summed E-state index contributed by atoms with van der Waals surface area (Å²) in [6.07, 6.45) is 6.95. The van der Waals surface area contributed by atoms with Crippen molar-refractivity contribution < 1.29 is 0 Å². The van der Waals surface area contributed by atoms with Crippen molar-refractivity contribution in [2.24, 2.45) is 5.92 Å². The minimum Gasteiger partial charge on any atom is -0.0727 e. The van der Waals surface area contributed by atoms with Crippen molar-refractivity contribution in [2.75, 3.05) is 0 Å². The number of hydrogen-bond donors (Lipinski definition) is 0. The zero-order chi connectivity index (χ0) is 9.56. The van der Waals surface area contributed by atoms with E-state index in [4.69, 9.17) is 0 Å². The first-order valence-electron chi connectivity index (χ1n) is 4.95. The van der Waals surface area contributed by atoms with Crippen LogP contribution in [0.4, 0.5) is 0 Å². The zero-order valence-corrected chi connectivity index (χ0v) is 9.15. The van der Waals surface area contributed by atoms with Crippen LogP contribution in [0, 0.1) is 5.92 Å². The van der Waals surface area contributed by atoms with E-state index in [0.717, 1.165) is 5.92 Å². The summed E-state index contributed by atoms with van der Waals surface area (Å²) in [6, 6.07) is 0. The van der Waals surface area contributed by atoms with Gasteiger partial charge in [0.1, 0.15) is 0 Å². The summed E-state index contributed by atoms with van der Waals surface area (Å²) >= 11 is 0. The molecule has 1 atom stereocenters. The van der Waals surface area contributed by atoms with E-state index in [2.05, 4.69) is 46.8 Å². The lowest BCUT2D eigenvalue weighted by Gasteiger charge is -2.15. The molecule has 1 aliphatic carbocycles. The quantitative estimate of drug-likeness (QED) is 0.502. The molecule has 0 heterocycles. The molecule has 1 rings (SSSR count). The number of allylic oxidation sites excluding steroid dienone is 4. The van der Waals surface area contributed by atoms with Crippen LogP contribution >= 0.6 is 0 Å². The van der Waals surface area contributed by atoms with E-state index < -0.39 is 0 Å². The Bertz CT molecular complexity index is 172. The molecule has 0 radical (unpaired) electrons. The van der Waals surface area contributed by atoms with Gasteiger partial charge in [0.05, 0.1) is 0 Å². The predicted molar refractivity (Wildman–Crippen MR) is 57.3 cm³/mol. The second kappa shape index (κ2) is 6.05. The third kappa shape index (κ3) is 4.38. The Kier molecular flexibility index (Phi) is 5.79. The molecule has 1 unspecified atom stereocenters. The predicted octanol–water partition coefficient (Wildman–Crippen LogP) is 4.34. The first-order chi connectivity index (χ1) is 5.61. The third-order valence-corrected chi connectivity index (χ3v) is 2.04. The van der Waals surface area contributed by atoms with Gasteiger partial charge in [-0.15, -0.1) is 0 Å². The summed E-state index contributed by atoms with van der Waals surface area (Å²) < 4.78 is 0. The van der Waals surface area contributed by atoms with Crippen LogP contribution in [0.3, 0.4) is 0 Å². The van der Waals surface area contributed by atoms with Gasteiger partial charge in [-0.05, 0) is 26.2 Å². The number of rotatable bonds is 0. The smallest absolute Gasteiger partial charge is 0.0194 e. The molecule has 0 aromatic rings. The van der Waals surface area contributed by atoms with Crippen molar-refractivity contribution in [1.29, 1.82) is 0 Å². The van der Waals surface area contributed by atoms with Crippen LogP contribution in [0.25, 0.3) is 0 Å². The largest absolute Gasteiger partial charge is 0.0727 e. The van der Waals surface area contributed by atoms with Crippen molar-refractivity contribution >= 4 is 0 Å². The lowest BCUT2D eigenvalue weighted by Crippen LogP contribution is -2.00. The molecule has 0 heteroatoms. The monoisotopic (exact) mass is 166 g/mol. The van der Waals surface area contributed by atoms with Gasteiger partial charge in [0.25, 0.3) is 0 Å². The molecule has 0 N–H and O–H groups in total. The lowest BCUT2D eigenvalue weighted by molar-refractivity contribution is 0.662. The van der Waals surface area contributed by atoms with Crippen LogP contribution in [0.1, 0.15) is 47.5 Å². The highest BCUT2D eigenvalue weighted by Crippen LogP contribution is 2.23. The summed E-state index contributed by atoms with van der Waals surface area (Å²) in [5.74, 6) is 0.773. The summed E-state index contributed by atoms with van der Waals surface area (Å²) in [5.41, 5.74) is 3.02. The molecule has 70 valence electrons. The molecular formula is C12H22. The van der Waals surface area contributed by atoms with Crippen molar-refractivity contribution in [2.45, 2.75) is 47.5 Å². The summed E-state index contributed by atoms with van der Waals surface area (Å²) in [4.78, 5) is 0. The average Bonchev–Trinajstić information content (AvgIpc) is 1.99. The first kappa shape index (κ1) is 11.5. The van der Waals surface area contributed by atoms with E-state index in [1.54, 1.807) is 0 Å². The molecule has 12 heavy (non-hydrogen) atoms. The van der Waals surface area contributed by atoms with Crippen LogP contribution in [-0.4, -0.2) is 0 Å². The SMILES string of the molecule is CC1=CC=C(C)C(C)C1.CCC. The first-order valence-corrected chi connectivity index (χ1v) is 4.95. The van der Waals surface area contributed by atoms with Crippen LogP contribution in [-0.2, 0) is 0 Å². The van der Waals surface area contributed by atoms with E-state index in [1.807, 2.05) is 0 Å². The van der Waals surface area contributed by atoms with E-state index in [0.29, 0.717) is 0 Å². The standard InChI is InChI=1S/C9H14.C3H8/c1-7-4-5-8(2)9(3)6-7;1-3-2/h4-5,9H,6H2,1-3H3;3H2,1-2H3. The summed E-state index contributed by atoms with van der Waals surface area (Å²) in [7, 11) is 0. The zero-order valence-electron chi connectivity index (χ0n) is 9.15. The second-order valence-corrected chi connectivity index (χ2v) is 3.74. The second-order valence-electron chi connectivity index (χ2n) is 3.74. The topological polar surface area (TPSA) is 0 Å². The minimum atomic E-state index is 0.773. The van der Waals surface area contributed by atoms with E-state index in [9.17, 15) is 0 Å². The third-order valence-electron chi connectivity index (χ3n) is 2.04. The Hall–Kier alpha value is -0.520. The fourth-order valence-corrected chi connectivity index (χ4v) is 1.15.